The molecule has 0 atom stereocenters. The van der Waals surface area contributed by atoms with E-state index in [4.69, 9.17) is 11.6 Å². The van der Waals surface area contributed by atoms with Crippen molar-refractivity contribution >= 4 is 11.6 Å². The Hall–Kier alpha value is -1.25. The SMILES string of the molecule is CCn1ccc(CNCc2ccccc2Cl)c1. The Morgan fingerprint density at radius 2 is 2.00 bits per heavy atom. The van der Waals surface area contributed by atoms with Crippen LogP contribution in [-0.2, 0) is 19.6 Å². The smallest absolute Gasteiger partial charge is 0.0450 e. The maximum atomic E-state index is 6.09. The van der Waals surface area contributed by atoms with Crippen LogP contribution in [-0.4, -0.2) is 4.57 Å². The van der Waals surface area contributed by atoms with E-state index >= 15 is 0 Å². The molecule has 17 heavy (non-hydrogen) atoms. The Labute approximate surface area is 107 Å². The van der Waals surface area contributed by atoms with Gasteiger partial charge in [0.2, 0.25) is 0 Å². The summed E-state index contributed by atoms with van der Waals surface area (Å²) in [5, 5.41) is 4.22. The van der Waals surface area contributed by atoms with Crippen LogP contribution in [0.2, 0.25) is 5.02 Å². The molecule has 0 aliphatic rings. The quantitative estimate of drug-likeness (QED) is 0.858. The fourth-order valence-corrected chi connectivity index (χ4v) is 1.98. The Morgan fingerprint density at radius 1 is 1.18 bits per heavy atom. The van der Waals surface area contributed by atoms with E-state index in [2.05, 4.69) is 35.3 Å². The zero-order valence-corrected chi connectivity index (χ0v) is 10.7. The monoisotopic (exact) mass is 248 g/mol. The lowest BCUT2D eigenvalue weighted by Gasteiger charge is -2.05. The Balaban J connectivity index is 1.85. The van der Waals surface area contributed by atoms with Gasteiger partial charge in [-0.05, 0) is 30.2 Å². The van der Waals surface area contributed by atoms with Crippen LogP contribution in [0.3, 0.4) is 0 Å². The second-order valence-electron chi connectivity index (χ2n) is 4.05. The first-order valence-electron chi connectivity index (χ1n) is 5.88. The minimum atomic E-state index is 0.803. The third-order valence-corrected chi connectivity index (χ3v) is 3.15. The fourth-order valence-electron chi connectivity index (χ4n) is 1.78. The summed E-state index contributed by atoms with van der Waals surface area (Å²) >= 11 is 6.09. The number of aromatic nitrogens is 1. The molecular weight excluding hydrogens is 232 g/mol. The predicted octanol–water partition coefficient (Wildman–Crippen LogP) is 3.45. The van der Waals surface area contributed by atoms with Crippen molar-refractivity contribution < 1.29 is 0 Å². The van der Waals surface area contributed by atoms with Crippen molar-refractivity contribution in [2.75, 3.05) is 0 Å². The summed E-state index contributed by atoms with van der Waals surface area (Å²) in [5.74, 6) is 0. The molecule has 1 heterocycles. The molecule has 1 aromatic carbocycles. The average molecular weight is 249 g/mol. The molecule has 3 heteroatoms. The van der Waals surface area contributed by atoms with Crippen LogP contribution in [0.4, 0.5) is 0 Å². The first kappa shape index (κ1) is 12.2. The molecule has 2 aromatic rings. The zero-order chi connectivity index (χ0) is 12.1. The Morgan fingerprint density at radius 3 is 2.71 bits per heavy atom. The van der Waals surface area contributed by atoms with Crippen molar-refractivity contribution in [2.24, 2.45) is 0 Å². The van der Waals surface area contributed by atoms with Crippen molar-refractivity contribution in [1.29, 1.82) is 0 Å². The van der Waals surface area contributed by atoms with Crippen LogP contribution >= 0.6 is 11.6 Å². The summed E-state index contributed by atoms with van der Waals surface area (Å²) in [5.41, 5.74) is 2.45. The molecule has 0 saturated heterocycles. The number of nitrogens with zero attached hydrogens (tertiary/aromatic N) is 1. The number of benzene rings is 1. The third kappa shape index (κ3) is 3.35. The van der Waals surface area contributed by atoms with Gasteiger partial charge in [0.1, 0.15) is 0 Å². The highest BCUT2D eigenvalue weighted by Gasteiger charge is 1.99. The second kappa shape index (κ2) is 5.89. The molecule has 0 aliphatic heterocycles. The molecule has 2 nitrogen and oxygen atoms in total. The van der Waals surface area contributed by atoms with Crippen LogP contribution in [0.1, 0.15) is 18.1 Å². The molecule has 2 rings (SSSR count). The molecule has 90 valence electrons. The van der Waals surface area contributed by atoms with Crippen molar-refractivity contribution in [3.05, 3.63) is 58.9 Å². The van der Waals surface area contributed by atoms with Crippen LogP contribution < -0.4 is 5.32 Å². The lowest BCUT2D eigenvalue weighted by Crippen LogP contribution is -2.12. The third-order valence-electron chi connectivity index (χ3n) is 2.78. The molecule has 1 N–H and O–H groups in total. The van der Waals surface area contributed by atoms with Crippen molar-refractivity contribution in [3.8, 4) is 0 Å². The molecule has 0 amide bonds. The lowest BCUT2D eigenvalue weighted by atomic mass is 10.2. The van der Waals surface area contributed by atoms with Crippen molar-refractivity contribution in [3.63, 3.8) is 0 Å². The van der Waals surface area contributed by atoms with Gasteiger partial charge in [-0.3, -0.25) is 0 Å². The van der Waals surface area contributed by atoms with Gasteiger partial charge in [-0.1, -0.05) is 29.8 Å². The summed E-state index contributed by atoms with van der Waals surface area (Å²) in [6, 6.07) is 10.1. The van der Waals surface area contributed by atoms with Gasteiger partial charge in [0, 0.05) is 37.1 Å². The van der Waals surface area contributed by atoms with Gasteiger partial charge in [-0.2, -0.15) is 0 Å². The van der Waals surface area contributed by atoms with E-state index in [1.54, 1.807) is 0 Å². The Bertz CT molecular complexity index is 477. The maximum absolute atomic E-state index is 6.09. The molecule has 0 fully saturated rings. The van der Waals surface area contributed by atoms with E-state index in [1.165, 1.54) is 5.56 Å². The summed E-state index contributed by atoms with van der Waals surface area (Å²) in [7, 11) is 0. The molecular formula is C14H17ClN2. The largest absolute Gasteiger partial charge is 0.354 e. The first-order valence-corrected chi connectivity index (χ1v) is 6.26. The number of nitrogens with one attached hydrogen (secondary N) is 1. The minimum Gasteiger partial charge on any atom is -0.354 e. The Kier molecular flexibility index (Phi) is 4.24. The van der Waals surface area contributed by atoms with Gasteiger partial charge in [0.05, 0.1) is 0 Å². The molecule has 0 saturated carbocycles. The number of aryl methyl sites for hydroxylation is 1. The summed E-state index contributed by atoms with van der Waals surface area (Å²) < 4.78 is 2.17. The van der Waals surface area contributed by atoms with Gasteiger partial charge in [0.15, 0.2) is 0 Å². The molecule has 0 unspecified atom stereocenters. The number of hydrogen-bond acceptors (Lipinski definition) is 1. The average Bonchev–Trinajstić information content (AvgIpc) is 2.80. The normalized spacial score (nSPS) is 10.7. The van der Waals surface area contributed by atoms with Crippen molar-refractivity contribution in [1.82, 2.24) is 9.88 Å². The summed E-state index contributed by atoms with van der Waals surface area (Å²) in [6.45, 7) is 4.83. The maximum Gasteiger partial charge on any atom is 0.0450 e. The minimum absolute atomic E-state index is 0.803. The molecule has 0 aliphatic carbocycles. The highest BCUT2D eigenvalue weighted by Crippen LogP contribution is 2.14. The van der Waals surface area contributed by atoms with Crippen LogP contribution in [0, 0.1) is 0 Å². The van der Waals surface area contributed by atoms with E-state index in [-0.39, 0.29) is 0 Å². The van der Waals surface area contributed by atoms with E-state index in [9.17, 15) is 0 Å². The molecule has 1 aromatic heterocycles. The fraction of sp³-hybridized carbons (Fsp3) is 0.286. The van der Waals surface area contributed by atoms with Crippen molar-refractivity contribution in [2.45, 2.75) is 26.6 Å². The number of rotatable bonds is 5. The molecule has 0 bridgehead atoms. The van der Waals surface area contributed by atoms with Crippen LogP contribution in [0.25, 0.3) is 0 Å². The lowest BCUT2D eigenvalue weighted by molar-refractivity contribution is 0.688. The van der Waals surface area contributed by atoms with Gasteiger partial charge < -0.3 is 9.88 Å². The van der Waals surface area contributed by atoms with E-state index in [1.807, 2.05) is 24.3 Å². The van der Waals surface area contributed by atoms with Gasteiger partial charge in [-0.15, -0.1) is 0 Å². The predicted molar refractivity (Wildman–Crippen MR) is 72.1 cm³/mol. The summed E-state index contributed by atoms with van der Waals surface area (Å²) in [6.07, 6.45) is 4.27. The zero-order valence-electron chi connectivity index (χ0n) is 9.99. The van der Waals surface area contributed by atoms with Crippen LogP contribution in [0.15, 0.2) is 42.7 Å². The molecule has 0 spiro atoms. The van der Waals surface area contributed by atoms with Gasteiger partial charge in [-0.25, -0.2) is 0 Å². The van der Waals surface area contributed by atoms with Gasteiger partial charge in [0.25, 0.3) is 0 Å². The highest BCUT2D eigenvalue weighted by molar-refractivity contribution is 6.31. The van der Waals surface area contributed by atoms with E-state index in [0.29, 0.717) is 0 Å². The van der Waals surface area contributed by atoms with Gasteiger partial charge >= 0.3 is 0 Å². The summed E-state index contributed by atoms with van der Waals surface area (Å²) in [4.78, 5) is 0. The topological polar surface area (TPSA) is 17.0 Å². The van der Waals surface area contributed by atoms with Crippen LogP contribution in [0.5, 0.6) is 0 Å². The van der Waals surface area contributed by atoms with E-state index < -0.39 is 0 Å². The van der Waals surface area contributed by atoms with E-state index in [0.717, 1.165) is 30.2 Å². The number of hydrogen-bond donors (Lipinski definition) is 1. The highest BCUT2D eigenvalue weighted by atomic mass is 35.5. The first-order chi connectivity index (χ1) is 8.29. The number of halogens is 1. The second-order valence-corrected chi connectivity index (χ2v) is 4.45. The molecule has 0 radical (unpaired) electrons. The standard InChI is InChI=1S/C14H17ClN2/c1-2-17-8-7-12(11-17)9-16-10-13-5-3-4-6-14(13)15/h3-8,11,16H,2,9-10H2,1H3.